The molecule has 0 atom stereocenters. The molecule has 2 rings (SSSR count). The van der Waals surface area contributed by atoms with Crippen molar-refractivity contribution in [2.45, 2.75) is 13.2 Å². The predicted molar refractivity (Wildman–Crippen MR) is 100.0 cm³/mol. The quantitative estimate of drug-likeness (QED) is 0.460. The van der Waals surface area contributed by atoms with E-state index < -0.39 is 12.1 Å². The number of amides is 2. The topological polar surface area (TPSA) is 94.2 Å². The molecule has 0 aliphatic carbocycles. The minimum atomic E-state index is -0.970. The van der Waals surface area contributed by atoms with Gasteiger partial charge in [0.15, 0.2) is 0 Å². The van der Waals surface area contributed by atoms with E-state index in [0.717, 1.165) is 24.3 Å². The molecule has 0 saturated carbocycles. The van der Waals surface area contributed by atoms with Crippen molar-refractivity contribution >= 4 is 29.8 Å². The molecule has 8 nitrogen and oxygen atoms in total. The molecule has 1 heterocycles. The summed E-state index contributed by atoms with van der Waals surface area (Å²) in [7, 11) is 4.16. The third kappa shape index (κ3) is 8.34. The maximum absolute atomic E-state index is 11.8. The first-order valence-electron chi connectivity index (χ1n) is 7.83. The SMILES string of the molecule is COC(=O)ON(C)C(=O)c1ccc(CNC=O)cc1.COCc1cccs1. The fourth-order valence-electron chi connectivity index (χ4n) is 1.83. The summed E-state index contributed by atoms with van der Waals surface area (Å²) in [6, 6.07) is 10.6. The number of nitrogens with one attached hydrogen (secondary N) is 1. The van der Waals surface area contributed by atoms with Crippen LogP contribution in [-0.2, 0) is 32.3 Å². The third-order valence-corrected chi connectivity index (χ3v) is 3.97. The second-order valence-corrected chi connectivity index (χ2v) is 6.09. The number of ether oxygens (including phenoxy) is 2. The molecule has 0 unspecified atom stereocenters. The van der Waals surface area contributed by atoms with Crippen LogP contribution >= 0.6 is 11.3 Å². The Bertz CT molecular complexity index is 703. The largest absolute Gasteiger partial charge is 0.533 e. The lowest BCUT2D eigenvalue weighted by molar-refractivity contribution is -0.109. The van der Waals surface area contributed by atoms with E-state index in [9.17, 15) is 14.4 Å². The lowest BCUT2D eigenvalue weighted by atomic mass is 10.1. The Morgan fingerprint density at radius 2 is 1.89 bits per heavy atom. The van der Waals surface area contributed by atoms with Gasteiger partial charge in [-0.05, 0) is 29.1 Å². The van der Waals surface area contributed by atoms with Gasteiger partial charge in [-0.2, -0.15) is 5.06 Å². The van der Waals surface area contributed by atoms with Crippen LogP contribution in [0, 0.1) is 0 Å². The van der Waals surface area contributed by atoms with Crippen molar-refractivity contribution in [2.24, 2.45) is 0 Å². The minimum Gasteiger partial charge on any atom is -0.436 e. The van der Waals surface area contributed by atoms with Crippen LogP contribution in [0.25, 0.3) is 0 Å². The van der Waals surface area contributed by atoms with Crippen LogP contribution in [0.4, 0.5) is 4.79 Å². The van der Waals surface area contributed by atoms with E-state index in [1.165, 1.54) is 11.9 Å². The molecule has 0 saturated heterocycles. The Balaban J connectivity index is 0.000000377. The van der Waals surface area contributed by atoms with Crippen LogP contribution in [0.2, 0.25) is 0 Å². The molecule has 1 aromatic heterocycles. The van der Waals surface area contributed by atoms with Gasteiger partial charge in [-0.25, -0.2) is 4.79 Å². The first-order valence-corrected chi connectivity index (χ1v) is 8.71. The molecule has 0 spiro atoms. The zero-order valence-electron chi connectivity index (χ0n) is 15.3. The summed E-state index contributed by atoms with van der Waals surface area (Å²) in [4.78, 5) is 38.7. The summed E-state index contributed by atoms with van der Waals surface area (Å²) in [5.74, 6) is -0.486. The van der Waals surface area contributed by atoms with Gasteiger partial charge in [-0.3, -0.25) is 9.59 Å². The zero-order valence-corrected chi connectivity index (χ0v) is 16.2. The second kappa shape index (κ2) is 12.4. The van der Waals surface area contributed by atoms with Gasteiger partial charge < -0.3 is 19.6 Å². The molecule has 0 bridgehead atoms. The number of thiophene rings is 1. The highest BCUT2D eigenvalue weighted by atomic mass is 32.1. The fraction of sp³-hybridized carbons (Fsp3) is 0.278. The Kier molecular flexibility index (Phi) is 10.2. The van der Waals surface area contributed by atoms with Crippen molar-refractivity contribution in [1.82, 2.24) is 10.4 Å². The van der Waals surface area contributed by atoms with Crippen molar-refractivity contribution in [1.29, 1.82) is 0 Å². The maximum atomic E-state index is 11.8. The summed E-state index contributed by atoms with van der Waals surface area (Å²) >= 11 is 1.72. The molecule has 27 heavy (non-hydrogen) atoms. The second-order valence-electron chi connectivity index (χ2n) is 5.06. The molecule has 0 fully saturated rings. The van der Waals surface area contributed by atoms with E-state index in [2.05, 4.69) is 21.0 Å². The Labute approximate surface area is 161 Å². The maximum Gasteiger partial charge on any atom is 0.533 e. The van der Waals surface area contributed by atoms with Crippen molar-refractivity contribution < 1.29 is 28.7 Å². The summed E-state index contributed by atoms with van der Waals surface area (Å²) in [5.41, 5.74) is 1.20. The predicted octanol–water partition coefficient (Wildman–Crippen LogP) is 2.60. The summed E-state index contributed by atoms with van der Waals surface area (Å²) in [6.07, 6.45) is -0.375. The standard InChI is InChI=1S/C12H14N2O5.C6H8OS/c1-14(19-12(17)18-2)11(16)10-5-3-9(4-6-10)7-13-8-15;1-7-5-6-3-2-4-8-6/h3-6,8H,7H2,1-2H3,(H,13,15);2-4H,5H2,1H3. The molecule has 0 aliphatic heterocycles. The average molecular weight is 394 g/mol. The first kappa shape index (κ1) is 22.1. The average Bonchev–Trinajstić information content (AvgIpc) is 3.20. The number of hydrogen-bond donors (Lipinski definition) is 1. The number of hydrogen-bond acceptors (Lipinski definition) is 7. The number of rotatable bonds is 6. The molecule has 0 aliphatic rings. The molecule has 2 amide bonds. The minimum absolute atomic E-state index is 0.348. The zero-order chi connectivity index (χ0) is 20.1. The Morgan fingerprint density at radius 1 is 1.19 bits per heavy atom. The molecule has 1 aromatic carbocycles. The lowest BCUT2D eigenvalue weighted by Gasteiger charge is -2.15. The highest BCUT2D eigenvalue weighted by molar-refractivity contribution is 7.09. The van der Waals surface area contributed by atoms with Crippen molar-refractivity contribution in [3.8, 4) is 0 Å². The molecule has 1 N–H and O–H groups in total. The number of benzene rings is 1. The van der Waals surface area contributed by atoms with E-state index in [1.807, 2.05) is 11.4 Å². The van der Waals surface area contributed by atoms with Crippen LogP contribution in [0.3, 0.4) is 0 Å². The van der Waals surface area contributed by atoms with E-state index in [-0.39, 0.29) is 0 Å². The summed E-state index contributed by atoms with van der Waals surface area (Å²) in [5, 5.41) is 5.34. The number of methoxy groups -OCH3 is 2. The van der Waals surface area contributed by atoms with Crippen LogP contribution in [0.1, 0.15) is 20.8 Å². The lowest BCUT2D eigenvalue weighted by Crippen LogP contribution is -2.29. The van der Waals surface area contributed by atoms with Gasteiger partial charge in [0.1, 0.15) is 0 Å². The van der Waals surface area contributed by atoms with Crippen LogP contribution < -0.4 is 5.32 Å². The first-order chi connectivity index (χ1) is 13.0. The number of carbonyl (C=O) groups is 3. The summed E-state index contributed by atoms with van der Waals surface area (Å²) in [6.45, 7) is 1.13. The van der Waals surface area contributed by atoms with E-state index in [4.69, 9.17) is 4.74 Å². The van der Waals surface area contributed by atoms with Gasteiger partial charge in [0.25, 0.3) is 5.91 Å². The van der Waals surface area contributed by atoms with Gasteiger partial charge >= 0.3 is 6.16 Å². The fourth-order valence-corrected chi connectivity index (χ4v) is 2.51. The molecule has 146 valence electrons. The molecular formula is C18H22N2O6S. The van der Waals surface area contributed by atoms with E-state index >= 15 is 0 Å². The van der Waals surface area contributed by atoms with Crippen LogP contribution in [0.5, 0.6) is 0 Å². The van der Waals surface area contributed by atoms with Crippen LogP contribution in [-0.4, -0.2) is 44.8 Å². The monoisotopic (exact) mass is 394 g/mol. The Morgan fingerprint density at radius 3 is 2.41 bits per heavy atom. The van der Waals surface area contributed by atoms with Gasteiger partial charge in [-0.15, -0.1) is 11.3 Å². The number of hydroxylamine groups is 2. The number of nitrogens with zero attached hydrogens (tertiary/aromatic N) is 1. The van der Waals surface area contributed by atoms with Crippen molar-refractivity contribution in [3.63, 3.8) is 0 Å². The molecule has 0 radical (unpaired) electrons. The molecule has 2 aromatic rings. The van der Waals surface area contributed by atoms with E-state index in [0.29, 0.717) is 18.5 Å². The smallest absolute Gasteiger partial charge is 0.436 e. The molecular weight excluding hydrogens is 372 g/mol. The van der Waals surface area contributed by atoms with Gasteiger partial charge in [-0.1, -0.05) is 18.2 Å². The number of carbonyl (C=O) groups excluding carboxylic acids is 3. The molecule has 9 heteroatoms. The third-order valence-electron chi connectivity index (χ3n) is 3.12. The van der Waals surface area contributed by atoms with Crippen molar-refractivity contribution in [2.75, 3.05) is 21.3 Å². The Hall–Kier alpha value is -2.91. The van der Waals surface area contributed by atoms with Crippen molar-refractivity contribution in [3.05, 3.63) is 57.8 Å². The normalized spacial score (nSPS) is 9.44. The van der Waals surface area contributed by atoms with Crippen LogP contribution in [0.15, 0.2) is 41.8 Å². The van der Waals surface area contributed by atoms with Gasteiger partial charge in [0, 0.05) is 31.1 Å². The van der Waals surface area contributed by atoms with Gasteiger partial charge in [0.2, 0.25) is 6.41 Å². The highest BCUT2D eigenvalue weighted by Crippen LogP contribution is 2.08. The summed E-state index contributed by atoms with van der Waals surface area (Å²) < 4.78 is 9.17. The van der Waals surface area contributed by atoms with Gasteiger partial charge in [0.05, 0.1) is 13.7 Å². The highest BCUT2D eigenvalue weighted by Gasteiger charge is 2.16. The van der Waals surface area contributed by atoms with E-state index in [1.54, 1.807) is 42.7 Å².